The molecule has 0 aliphatic carbocycles. The summed E-state index contributed by atoms with van der Waals surface area (Å²) in [5, 5.41) is 57.2. The van der Waals surface area contributed by atoms with Crippen LogP contribution in [0.3, 0.4) is 0 Å². The molecule has 81 heavy (non-hydrogen) atoms. The molecule has 0 radical (unpaired) electrons. The Bertz CT molecular complexity index is 1410. The van der Waals surface area contributed by atoms with Gasteiger partial charge in [-0.1, -0.05) is 315 Å². The van der Waals surface area contributed by atoms with E-state index in [1.165, 1.54) is 244 Å². The topological polar surface area (TPSA) is 175 Å². The predicted octanol–water partition coefficient (Wildman–Crippen LogP) is 17.6. The van der Waals surface area contributed by atoms with Crippen LogP contribution in [0.5, 0.6) is 0 Å². The van der Waals surface area contributed by atoms with Gasteiger partial charge in [-0.25, -0.2) is 0 Å². The number of unbranched alkanes of at least 4 members (excludes halogenated alkanes) is 45. The minimum absolute atomic E-state index is 0.126. The molecule has 0 bridgehead atoms. The maximum atomic E-state index is 13.5. The number of carbonyl (C=O) groups excluding carboxylic acids is 2. The van der Waals surface area contributed by atoms with Gasteiger partial charge in [-0.3, -0.25) is 9.59 Å². The molecule has 0 saturated carbocycles. The molecule has 8 unspecified atom stereocenters. The summed E-state index contributed by atoms with van der Waals surface area (Å²) in [6.45, 7) is 5.84. The van der Waals surface area contributed by atoms with Gasteiger partial charge in [0.05, 0.1) is 25.4 Å². The maximum Gasteiger partial charge on any atom is 0.306 e. The molecule has 1 heterocycles. The SMILES string of the molecule is CCCCCCCC/C=C/CCCCCCCCCCCC(=O)OC1C(OCC(NC(=O)C(O)CCCCCCCCCCCCCCCCCCCCCC)C(O)/C=C/CCCCCCCCCCCCC)OC(CO)C(O)C1O. The molecule has 11 heteroatoms. The Balaban J connectivity index is 2.60. The van der Waals surface area contributed by atoms with Gasteiger partial charge in [-0.05, 0) is 51.4 Å². The summed E-state index contributed by atoms with van der Waals surface area (Å²) in [6, 6.07) is -1.02. The van der Waals surface area contributed by atoms with Crippen LogP contribution in [-0.4, -0.2) is 99.6 Å². The zero-order chi connectivity index (χ0) is 58.9. The first kappa shape index (κ1) is 77.2. The summed E-state index contributed by atoms with van der Waals surface area (Å²) in [7, 11) is 0. The number of carbonyl (C=O) groups is 2. The molecule has 1 rings (SSSR count). The van der Waals surface area contributed by atoms with Gasteiger partial charge in [-0.15, -0.1) is 0 Å². The van der Waals surface area contributed by atoms with E-state index < -0.39 is 67.4 Å². The van der Waals surface area contributed by atoms with E-state index in [1.807, 2.05) is 6.08 Å². The van der Waals surface area contributed by atoms with E-state index >= 15 is 0 Å². The maximum absolute atomic E-state index is 13.5. The van der Waals surface area contributed by atoms with Crippen LogP contribution in [0.2, 0.25) is 0 Å². The highest BCUT2D eigenvalue weighted by Crippen LogP contribution is 2.26. The minimum Gasteiger partial charge on any atom is -0.454 e. The minimum atomic E-state index is -1.61. The molecule has 6 N–H and O–H groups in total. The molecule has 1 fully saturated rings. The number of amides is 1. The van der Waals surface area contributed by atoms with Gasteiger partial charge < -0.3 is 45.1 Å². The number of allylic oxidation sites excluding steroid dienone is 3. The highest BCUT2D eigenvalue weighted by molar-refractivity contribution is 5.80. The fourth-order valence-electron chi connectivity index (χ4n) is 11.3. The third kappa shape index (κ3) is 46.1. The van der Waals surface area contributed by atoms with E-state index in [4.69, 9.17) is 14.2 Å². The Kier molecular flexibility index (Phi) is 55.7. The highest BCUT2D eigenvalue weighted by Gasteiger charge is 2.47. The van der Waals surface area contributed by atoms with Crippen molar-refractivity contribution < 1.29 is 49.3 Å². The van der Waals surface area contributed by atoms with E-state index in [1.54, 1.807) is 6.08 Å². The zero-order valence-corrected chi connectivity index (χ0v) is 53.2. The fourth-order valence-corrected chi connectivity index (χ4v) is 11.3. The molecule has 8 atom stereocenters. The first-order valence-electron chi connectivity index (χ1n) is 35.1. The summed E-state index contributed by atoms with van der Waals surface area (Å²) in [5.41, 5.74) is 0. The lowest BCUT2D eigenvalue weighted by atomic mass is 9.99. The monoisotopic (exact) mass is 1150 g/mol. The van der Waals surface area contributed by atoms with Crippen molar-refractivity contribution >= 4 is 11.9 Å². The number of hydrogen-bond acceptors (Lipinski definition) is 10. The normalized spacial score (nSPS) is 18.7. The molecular weight excluding hydrogens is 1010 g/mol. The molecule has 11 nitrogen and oxygen atoms in total. The predicted molar refractivity (Wildman–Crippen MR) is 338 cm³/mol. The zero-order valence-electron chi connectivity index (χ0n) is 53.2. The number of aliphatic hydroxyl groups excluding tert-OH is 5. The third-order valence-electron chi connectivity index (χ3n) is 16.9. The van der Waals surface area contributed by atoms with Crippen LogP contribution >= 0.6 is 0 Å². The summed E-state index contributed by atoms with van der Waals surface area (Å²) < 4.78 is 17.7. The number of ether oxygens (including phenoxy) is 3. The van der Waals surface area contributed by atoms with Gasteiger partial charge in [0, 0.05) is 6.42 Å². The molecular formula is C70H133NO10. The van der Waals surface area contributed by atoms with Crippen molar-refractivity contribution in [2.24, 2.45) is 0 Å². The van der Waals surface area contributed by atoms with Crippen molar-refractivity contribution in [2.75, 3.05) is 13.2 Å². The first-order chi connectivity index (χ1) is 39.7. The average Bonchev–Trinajstić information content (AvgIpc) is 3.47. The van der Waals surface area contributed by atoms with Crippen LogP contribution in [0.15, 0.2) is 24.3 Å². The summed E-state index contributed by atoms with van der Waals surface area (Å²) in [4.78, 5) is 26.7. The summed E-state index contributed by atoms with van der Waals surface area (Å²) in [6.07, 6.45) is 59.3. The average molecular weight is 1150 g/mol. The molecule has 0 aromatic carbocycles. The van der Waals surface area contributed by atoms with Crippen LogP contribution in [-0.2, 0) is 23.8 Å². The van der Waals surface area contributed by atoms with Gasteiger partial charge in [-0.2, -0.15) is 0 Å². The highest BCUT2D eigenvalue weighted by atomic mass is 16.7. The Morgan fingerprint density at radius 3 is 1.20 bits per heavy atom. The molecule has 1 aliphatic heterocycles. The standard InChI is InChI=1S/C70H133NO10/c1-4-7-10-13-16-19-22-25-27-29-31-33-34-36-39-42-45-48-51-54-57-63(74)69(78)71-61(62(73)56-53-50-47-44-41-38-24-21-18-15-12-9-6-3)60-79-70-68(67(77)66(76)64(59-72)80-70)81-65(75)58-55-52-49-46-43-40-37-35-32-30-28-26-23-20-17-14-11-8-5-2/h26,28,53,56,61-64,66-68,70,72-74,76-77H,4-25,27,29-52,54-55,57-60H2,1-3H3,(H,71,78)/b28-26+,56-53+. The van der Waals surface area contributed by atoms with Crippen LogP contribution in [0, 0.1) is 0 Å². The van der Waals surface area contributed by atoms with Crippen molar-refractivity contribution in [3.63, 3.8) is 0 Å². The van der Waals surface area contributed by atoms with E-state index in [0.717, 1.165) is 57.8 Å². The molecule has 478 valence electrons. The lowest BCUT2D eigenvalue weighted by molar-refractivity contribution is -0.305. The number of rotatable bonds is 61. The molecule has 0 aromatic rings. The fraction of sp³-hybridized carbons (Fsp3) is 0.914. The van der Waals surface area contributed by atoms with Gasteiger partial charge in [0.1, 0.15) is 24.4 Å². The smallest absolute Gasteiger partial charge is 0.306 e. The molecule has 0 spiro atoms. The second-order valence-electron chi connectivity index (χ2n) is 24.6. The summed E-state index contributed by atoms with van der Waals surface area (Å²) in [5.74, 6) is -1.18. The number of hydrogen-bond donors (Lipinski definition) is 6. The Hall–Kier alpha value is -1.86. The van der Waals surface area contributed by atoms with Crippen molar-refractivity contribution in [3.05, 3.63) is 24.3 Å². The van der Waals surface area contributed by atoms with Crippen molar-refractivity contribution in [1.82, 2.24) is 5.32 Å². The van der Waals surface area contributed by atoms with Crippen LogP contribution in [0.1, 0.15) is 348 Å². The molecule has 1 aliphatic rings. The van der Waals surface area contributed by atoms with Gasteiger partial charge in [0.25, 0.3) is 0 Å². The largest absolute Gasteiger partial charge is 0.454 e. The second-order valence-corrected chi connectivity index (χ2v) is 24.6. The van der Waals surface area contributed by atoms with Gasteiger partial charge >= 0.3 is 5.97 Å². The number of esters is 1. The molecule has 1 amide bonds. The number of aliphatic hydroxyl groups is 5. The van der Waals surface area contributed by atoms with Gasteiger partial charge in [0.15, 0.2) is 12.4 Å². The Labute approximate surface area is 499 Å². The van der Waals surface area contributed by atoms with E-state index in [2.05, 4.69) is 38.2 Å². The summed E-state index contributed by atoms with van der Waals surface area (Å²) >= 11 is 0. The molecule has 1 saturated heterocycles. The Morgan fingerprint density at radius 1 is 0.469 bits per heavy atom. The lowest BCUT2D eigenvalue weighted by Gasteiger charge is -2.41. The number of nitrogens with one attached hydrogen (secondary N) is 1. The van der Waals surface area contributed by atoms with E-state index in [9.17, 15) is 35.1 Å². The van der Waals surface area contributed by atoms with Gasteiger partial charge in [0.2, 0.25) is 5.91 Å². The third-order valence-corrected chi connectivity index (χ3v) is 16.9. The van der Waals surface area contributed by atoms with Crippen LogP contribution in [0.25, 0.3) is 0 Å². The van der Waals surface area contributed by atoms with Crippen LogP contribution in [0.4, 0.5) is 0 Å². The van der Waals surface area contributed by atoms with Crippen molar-refractivity contribution in [3.8, 4) is 0 Å². The Morgan fingerprint density at radius 2 is 0.815 bits per heavy atom. The van der Waals surface area contributed by atoms with E-state index in [0.29, 0.717) is 19.3 Å². The molecule has 0 aromatic heterocycles. The lowest BCUT2D eigenvalue weighted by Crippen LogP contribution is -2.61. The van der Waals surface area contributed by atoms with Crippen molar-refractivity contribution in [1.29, 1.82) is 0 Å². The quantitative estimate of drug-likeness (QED) is 0.0195. The first-order valence-corrected chi connectivity index (χ1v) is 35.1. The van der Waals surface area contributed by atoms with Crippen molar-refractivity contribution in [2.45, 2.75) is 397 Å². The second kappa shape index (κ2) is 58.5. The van der Waals surface area contributed by atoms with Crippen LogP contribution < -0.4 is 5.32 Å². The van der Waals surface area contributed by atoms with E-state index in [-0.39, 0.29) is 13.0 Å².